The third kappa shape index (κ3) is 3.46. The molecule has 2 aromatic heterocycles. The summed E-state index contributed by atoms with van der Waals surface area (Å²) >= 11 is 1.54. The second kappa shape index (κ2) is 7.27. The summed E-state index contributed by atoms with van der Waals surface area (Å²) in [7, 11) is 1.65. The van der Waals surface area contributed by atoms with Crippen molar-refractivity contribution >= 4 is 17.3 Å². The number of thiazole rings is 1. The van der Waals surface area contributed by atoms with Gasteiger partial charge in [0, 0.05) is 17.1 Å². The molecule has 1 aromatic carbocycles. The van der Waals surface area contributed by atoms with Gasteiger partial charge in [-0.2, -0.15) is 5.10 Å². The average molecular weight is 343 g/mol. The number of hydrogen-bond acceptors (Lipinski definition) is 6. The van der Waals surface area contributed by atoms with Crippen LogP contribution in [0.2, 0.25) is 0 Å². The number of esters is 1. The Labute approximate surface area is 143 Å². The zero-order valence-electron chi connectivity index (χ0n) is 13.4. The minimum atomic E-state index is -0.363. The molecule has 0 bridgehead atoms. The fourth-order valence-corrected chi connectivity index (χ4v) is 3.06. The average Bonchev–Trinajstić information content (AvgIpc) is 3.25. The maximum Gasteiger partial charge on any atom is 0.341 e. The molecule has 0 radical (unpaired) electrons. The SMILES string of the molecule is CCOC(=O)c1cnn(Cc2nc(-c3ccccc3OC)cs2)c1. The zero-order valence-corrected chi connectivity index (χ0v) is 14.2. The van der Waals surface area contributed by atoms with E-state index in [1.54, 1.807) is 36.2 Å². The summed E-state index contributed by atoms with van der Waals surface area (Å²) in [6, 6.07) is 7.77. The molecule has 0 N–H and O–H groups in total. The normalized spacial score (nSPS) is 10.6. The number of methoxy groups -OCH3 is 1. The first kappa shape index (κ1) is 16.2. The molecule has 7 heteroatoms. The summed E-state index contributed by atoms with van der Waals surface area (Å²) in [6.07, 6.45) is 3.18. The van der Waals surface area contributed by atoms with E-state index in [0.29, 0.717) is 18.7 Å². The van der Waals surface area contributed by atoms with Crippen LogP contribution in [0.1, 0.15) is 22.3 Å². The molecule has 2 heterocycles. The Morgan fingerprint density at radius 3 is 2.96 bits per heavy atom. The van der Waals surface area contributed by atoms with Crippen molar-refractivity contribution in [3.63, 3.8) is 0 Å². The summed E-state index contributed by atoms with van der Waals surface area (Å²) in [6.45, 7) is 2.62. The van der Waals surface area contributed by atoms with Gasteiger partial charge in [-0.1, -0.05) is 12.1 Å². The van der Waals surface area contributed by atoms with Gasteiger partial charge in [0.05, 0.1) is 37.7 Å². The second-order valence-electron chi connectivity index (χ2n) is 4.97. The van der Waals surface area contributed by atoms with Crippen molar-refractivity contribution in [3.05, 3.63) is 52.6 Å². The Morgan fingerprint density at radius 2 is 2.17 bits per heavy atom. The molecule has 0 aliphatic carbocycles. The maximum atomic E-state index is 11.7. The number of nitrogens with zero attached hydrogens (tertiary/aromatic N) is 3. The van der Waals surface area contributed by atoms with Crippen LogP contribution in [0.5, 0.6) is 5.75 Å². The minimum absolute atomic E-state index is 0.346. The molecule has 0 spiro atoms. The number of hydrogen-bond donors (Lipinski definition) is 0. The summed E-state index contributed by atoms with van der Waals surface area (Å²) in [5, 5.41) is 7.07. The van der Waals surface area contributed by atoms with Crippen molar-refractivity contribution < 1.29 is 14.3 Å². The van der Waals surface area contributed by atoms with Crippen molar-refractivity contribution in [1.82, 2.24) is 14.8 Å². The summed E-state index contributed by atoms with van der Waals surface area (Å²) < 4.78 is 12.0. The van der Waals surface area contributed by atoms with Gasteiger partial charge in [0.25, 0.3) is 0 Å². The van der Waals surface area contributed by atoms with E-state index in [9.17, 15) is 4.79 Å². The fourth-order valence-electron chi connectivity index (χ4n) is 2.27. The van der Waals surface area contributed by atoms with Crippen LogP contribution in [0.25, 0.3) is 11.3 Å². The lowest BCUT2D eigenvalue weighted by Crippen LogP contribution is -2.04. The molecule has 0 saturated heterocycles. The lowest BCUT2D eigenvalue weighted by atomic mass is 10.1. The Morgan fingerprint density at radius 1 is 1.33 bits per heavy atom. The number of benzene rings is 1. The fraction of sp³-hybridized carbons (Fsp3) is 0.235. The van der Waals surface area contributed by atoms with E-state index in [1.807, 2.05) is 29.6 Å². The van der Waals surface area contributed by atoms with Gasteiger partial charge < -0.3 is 9.47 Å². The highest BCUT2D eigenvalue weighted by Crippen LogP contribution is 2.30. The van der Waals surface area contributed by atoms with Crippen molar-refractivity contribution in [3.8, 4) is 17.0 Å². The van der Waals surface area contributed by atoms with Crippen LogP contribution < -0.4 is 4.74 Å². The molecular weight excluding hydrogens is 326 g/mol. The molecule has 0 unspecified atom stereocenters. The van der Waals surface area contributed by atoms with E-state index in [1.165, 1.54) is 6.20 Å². The van der Waals surface area contributed by atoms with E-state index in [4.69, 9.17) is 9.47 Å². The highest BCUT2D eigenvalue weighted by Gasteiger charge is 2.12. The molecule has 0 atom stereocenters. The van der Waals surface area contributed by atoms with E-state index in [0.717, 1.165) is 22.0 Å². The molecular formula is C17H17N3O3S. The van der Waals surface area contributed by atoms with Crippen LogP contribution in [0.3, 0.4) is 0 Å². The molecule has 3 rings (SSSR count). The summed E-state index contributed by atoms with van der Waals surface area (Å²) in [4.78, 5) is 16.3. The van der Waals surface area contributed by atoms with E-state index >= 15 is 0 Å². The maximum absolute atomic E-state index is 11.7. The Bertz CT molecular complexity index is 841. The van der Waals surface area contributed by atoms with E-state index < -0.39 is 0 Å². The number of para-hydroxylation sites is 1. The highest BCUT2D eigenvalue weighted by molar-refractivity contribution is 7.09. The van der Waals surface area contributed by atoms with Crippen LogP contribution in [0.15, 0.2) is 42.0 Å². The molecule has 0 amide bonds. The van der Waals surface area contributed by atoms with Gasteiger partial charge in [-0.25, -0.2) is 9.78 Å². The lowest BCUT2D eigenvalue weighted by molar-refractivity contribution is 0.0526. The van der Waals surface area contributed by atoms with Gasteiger partial charge in [-0.15, -0.1) is 11.3 Å². The van der Waals surface area contributed by atoms with Crippen LogP contribution in [0, 0.1) is 0 Å². The van der Waals surface area contributed by atoms with Gasteiger partial charge in [0.1, 0.15) is 10.8 Å². The van der Waals surface area contributed by atoms with Crippen molar-refractivity contribution in [2.45, 2.75) is 13.5 Å². The predicted octanol–water partition coefficient (Wildman–Crippen LogP) is 3.24. The summed E-state index contributed by atoms with van der Waals surface area (Å²) in [5.74, 6) is 0.427. The first-order valence-corrected chi connectivity index (χ1v) is 8.36. The van der Waals surface area contributed by atoms with Gasteiger partial charge >= 0.3 is 5.97 Å². The van der Waals surface area contributed by atoms with E-state index in [-0.39, 0.29) is 5.97 Å². The first-order chi connectivity index (χ1) is 11.7. The minimum Gasteiger partial charge on any atom is -0.496 e. The van der Waals surface area contributed by atoms with Gasteiger partial charge in [0.2, 0.25) is 0 Å². The number of carbonyl (C=O) groups excluding carboxylic acids is 1. The number of ether oxygens (including phenoxy) is 2. The summed E-state index contributed by atoms with van der Waals surface area (Å²) in [5.41, 5.74) is 2.26. The third-order valence-electron chi connectivity index (χ3n) is 3.38. The quantitative estimate of drug-likeness (QED) is 0.643. The third-order valence-corrected chi connectivity index (χ3v) is 4.21. The molecule has 3 aromatic rings. The highest BCUT2D eigenvalue weighted by atomic mass is 32.1. The topological polar surface area (TPSA) is 66.2 Å². The molecule has 0 aliphatic heterocycles. The monoisotopic (exact) mass is 343 g/mol. The number of carbonyl (C=O) groups is 1. The van der Waals surface area contributed by atoms with Gasteiger partial charge in [0.15, 0.2) is 0 Å². The van der Waals surface area contributed by atoms with E-state index in [2.05, 4.69) is 10.1 Å². The van der Waals surface area contributed by atoms with Crippen LogP contribution in [-0.2, 0) is 11.3 Å². The number of aromatic nitrogens is 3. The van der Waals surface area contributed by atoms with Crippen LogP contribution in [0.4, 0.5) is 0 Å². The number of rotatable bonds is 6. The van der Waals surface area contributed by atoms with Gasteiger partial charge in [-0.3, -0.25) is 4.68 Å². The van der Waals surface area contributed by atoms with Crippen molar-refractivity contribution in [1.29, 1.82) is 0 Å². The largest absolute Gasteiger partial charge is 0.496 e. The Kier molecular flexibility index (Phi) is 4.90. The standard InChI is InChI=1S/C17H17N3O3S/c1-3-23-17(21)12-8-18-20(9-12)10-16-19-14(11-24-16)13-6-4-5-7-15(13)22-2/h4-9,11H,3,10H2,1-2H3. The second-order valence-corrected chi connectivity index (χ2v) is 5.92. The Hall–Kier alpha value is -2.67. The van der Waals surface area contributed by atoms with Crippen molar-refractivity contribution in [2.24, 2.45) is 0 Å². The van der Waals surface area contributed by atoms with Gasteiger partial charge in [-0.05, 0) is 19.1 Å². The van der Waals surface area contributed by atoms with Crippen molar-refractivity contribution in [2.75, 3.05) is 13.7 Å². The predicted molar refractivity (Wildman–Crippen MR) is 91.4 cm³/mol. The lowest BCUT2D eigenvalue weighted by Gasteiger charge is -2.04. The van der Waals surface area contributed by atoms with Crippen LogP contribution in [-0.4, -0.2) is 34.5 Å². The molecule has 24 heavy (non-hydrogen) atoms. The molecule has 124 valence electrons. The molecule has 0 fully saturated rings. The smallest absolute Gasteiger partial charge is 0.341 e. The zero-order chi connectivity index (χ0) is 16.9. The molecule has 0 aliphatic rings. The molecule has 6 nitrogen and oxygen atoms in total. The molecule has 0 saturated carbocycles. The first-order valence-electron chi connectivity index (χ1n) is 7.48. The van der Waals surface area contributed by atoms with Crippen LogP contribution >= 0.6 is 11.3 Å². The Balaban J connectivity index is 1.76.